The third-order valence-corrected chi connectivity index (χ3v) is 2.38. The second-order valence-corrected chi connectivity index (χ2v) is 3.07. The zero-order valence-electron chi connectivity index (χ0n) is 6.70. The summed E-state index contributed by atoms with van der Waals surface area (Å²) in [5.74, 6) is 0. The minimum atomic E-state index is 0.651. The second-order valence-electron chi connectivity index (χ2n) is 3.07. The van der Waals surface area contributed by atoms with Crippen LogP contribution in [-0.2, 0) is 0 Å². The first-order valence-corrected chi connectivity index (χ1v) is 3.98. The van der Waals surface area contributed by atoms with Gasteiger partial charge in [0.1, 0.15) is 0 Å². The second kappa shape index (κ2) is 2.62. The summed E-state index contributed by atoms with van der Waals surface area (Å²) in [6.45, 7) is 1.23. The van der Waals surface area contributed by atoms with E-state index >= 15 is 0 Å². The molecule has 0 amide bonds. The SMILES string of the molecule is CN1CCC1c1ccncc1. The summed E-state index contributed by atoms with van der Waals surface area (Å²) in [6, 6.07) is 4.85. The highest BCUT2D eigenvalue weighted by molar-refractivity contribution is 5.17. The molecule has 2 heterocycles. The Morgan fingerprint density at radius 2 is 2.18 bits per heavy atom. The predicted octanol–water partition coefficient (Wildman–Crippen LogP) is 1.46. The van der Waals surface area contributed by atoms with Gasteiger partial charge in [-0.15, -0.1) is 0 Å². The normalized spacial score (nSPS) is 24.6. The summed E-state index contributed by atoms with van der Waals surface area (Å²) in [7, 11) is 2.16. The van der Waals surface area contributed by atoms with E-state index in [1.165, 1.54) is 18.5 Å². The van der Waals surface area contributed by atoms with Crippen molar-refractivity contribution >= 4 is 0 Å². The summed E-state index contributed by atoms with van der Waals surface area (Å²) in [5.41, 5.74) is 1.40. The number of hydrogen-bond acceptors (Lipinski definition) is 2. The Kier molecular flexibility index (Phi) is 1.62. The molecule has 1 atom stereocenters. The van der Waals surface area contributed by atoms with Gasteiger partial charge < -0.3 is 0 Å². The molecule has 0 radical (unpaired) electrons. The van der Waals surface area contributed by atoms with E-state index in [4.69, 9.17) is 0 Å². The molecule has 11 heavy (non-hydrogen) atoms. The predicted molar refractivity (Wildman–Crippen MR) is 44.2 cm³/mol. The van der Waals surface area contributed by atoms with E-state index in [-0.39, 0.29) is 0 Å². The average molecular weight is 148 g/mol. The van der Waals surface area contributed by atoms with Gasteiger partial charge in [-0.2, -0.15) is 0 Å². The van der Waals surface area contributed by atoms with Crippen molar-refractivity contribution in [2.24, 2.45) is 0 Å². The Bertz CT molecular complexity index is 233. The van der Waals surface area contributed by atoms with Gasteiger partial charge in [-0.05, 0) is 31.2 Å². The van der Waals surface area contributed by atoms with Gasteiger partial charge in [-0.1, -0.05) is 0 Å². The fourth-order valence-corrected chi connectivity index (χ4v) is 1.52. The molecule has 1 unspecified atom stereocenters. The summed E-state index contributed by atoms with van der Waals surface area (Å²) in [4.78, 5) is 6.35. The molecule has 1 aliphatic rings. The van der Waals surface area contributed by atoms with Gasteiger partial charge in [0.05, 0.1) is 0 Å². The van der Waals surface area contributed by atoms with Crippen LogP contribution in [0.15, 0.2) is 24.5 Å². The minimum absolute atomic E-state index is 0.651. The summed E-state index contributed by atoms with van der Waals surface area (Å²) in [5, 5.41) is 0. The van der Waals surface area contributed by atoms with E-state index in [9.17, 15) is 0 Å². The van der Waals surface area contributed by atoms with Crippen LogP contribution < -0.4 is 0 Å². The molecule has 1 aliphatic heterocycles. The molecule has 1 saturated heterocycles. The number of pyridine rings is 1. The minimum Gasteiger partial charge on any atom is -0.299 e. The molecule has 0 N–H and O–H groups in total. The molecule has 0 bridgehead atoms. The molecule has 1 aromatic heterocycles. The van der Waals surface area contributed by atoms with E-state index in [1.54, 1.807) is 0 Å². The number of rotatable bonds is 1. The van der Waals surface area contributed by atoms with Crippen LogP contribution in [0.4, 0.5) is 0 Å². The molecular formula is C9H12N2. The monoisotopic (exact) mass is 148 g/mol. The quantitative estimate of drug-likeness (QED) is 0.599. The van der Waals surface area contributed by atoms with Gasteiger partial charge in [0.25, 0.3) is 0 Å². The molecule has 0 spiro atoms. The van der Waals surface area contributed by atoms with E-state index in [1.807, 2.05) is 12.4 Å². The number of likely N-dealkylation sites (tertiary alicyclic amines) is 1. The van der Waals surface area contributed by atoms with E-state index < -0.39 is 0 Å². The zero-order valence-corrected chi connectivity index (χ0v) is 6.70. The topological polar surface area (TPSA) is 16.1 Å². The molecule has 1 fully saturated rings. The molecule has 1 aromatic rings. The highest BCUT2D eigenvalue weighted by atomic mass is 15.2. The lowest BCUT2D eigenvalue weighted by molar-refractivity contribution is 0.128. The largest absolute Gasteiger partial charge is 0.299 e. The van der Waals surface area contributed by atoms with Crippen LogP contribution in [0, 0.1) is 0 Å². The molecule has 0 saturated carbocycles. The van der Waals surface area contributed by atoms with Crippen LogP contribution in [0.2, 0.25) is 0 Å². The molecule has 2 heteroatoms. The number of hydrogen-bond donors (Lipinski definition) is 0. The van der Waals surface area contributed by atoms with E-state index in [2.05, 4.69) is 29.1 Å². The van der Waals surface area contributed by atoms with E-state index in [0.29, 0.717) is 6.04 Å². The lowest BCUT2D eigenvalue weighted by Crippen LogP contribution is -2.37. The van der Waals surface area contributed by atoms with Crippen molar-refractivity contribution in [3.8, 4) is 0 Å². The molecule has 58 valence electrons. The van der Waals surface area contributed by atoms with Gasteiger partial charge in [-0.3, -0.25) is 9.88 Å². The Morgan fingerprint density at radius 1 is 1.45 bits per heavy atom. The van der Waals surface area contributed by atoms with Crippen LogP contribution in [0.1, 0.15) is 18.0 Å². The first kappa shape index (κ1) is 6.80. The third-order valence-electron chi connectivity index (χ3n) is 2.38. The Hall–Kier alpha value is -0.890. The Morgan fingerprint density at radius 3 is 2.64 bits per heavy atom. The van der Waals surface area contributed by atoms with Gasteiger partial charge >= 0.3 is 0 Å². The number of nitrogens with zero attached hydrogens (tertiary/aromatic N) is 2. The Balaban J connectivity index is 2.17. The third kappa shape index (κ3) is 1.14. The summed E-state index contributed by atoms with van der Waals surface area (Å²) >= 11 is 0. The molecule has 2 nitrogen and oxygen atoms in total. The van der Waals surface area contributed by atoms with Crippen LogP contribution in [0.5, 0.6) is 0 Å². The molecular weight excluding hydrogens is 136 g/mol. The summed E-state index contributed by atoms with van der Waals surface area (Å²) < 4.78 is 0. The van der Waals surface area contributed by atoms with Crippen molar-refractivity contribution < 1.29 is 0 Å². The van der Waals surface area contributed by atoms with Gasteiger partial charge in [0.2, 0.25) is 0 Å². The fourth-order valence-electron chi connectivity index (χ4n) is 1.52. The first-order chi connectivity index (χ1) is 5.38. The van der Waals surface area contributed by atoms with Crippen molar-refractivity contribution in [1.82, 2.24) is 9.88 Å². The Labute approximate surface area is 66.9 Å². The van der Waals surface area contributed by atoms with E-state index in [0.717, 1.165) is 0 Å². The van der Waals surface area contributed by atoms with Crippen molar-refractivity contribution in [3.05, 3.63) is 30.1 Å². The van der Waals surface area contributed by atoms with Crippen molar-refractivity contribution in [2.75, 3.05) is 13.6 Å². The lowest BCUT2D eigenvalue weighted by atomic mass is 9.97. The van der Waals surface area contributed by atoms with Gasteiger partial charge in [-0.25, -0.2) is 0 Å². The number of aromatic nitrogens is 1. The van der Waals surface area contributed by atoms with Crippen LogP contribution in [-0.4, -0.2) is 23.5 Å². The van der Waals surface area contributed by atoms with Crippen LogP contribution in [0.3, 0.4) is 0 Å². The van der Waals surface area contributed by atoms with Crippen molar-refractivity contribution in [3.63, 3.8) is 0 Å². The average Bonchev–Trinajstić information content (AvgIpc) is 2.04. The maximum Gasteiger partial charge on any atom is 0.0358 e. The molecule has 0 aromatic carbocycles. The smallest absolute Gasteiger partial charge is 0.0358 e. The van der Waals surface area contributed by atoms with Crippen molar-refractivity contribution in [1.29, 1.82) is 0 Å². The first-order valence-electron chi connectivity index (χ1n) is 3.98. The highest BCUT2D eigenvalue weighted by Gasteiger charge is 2.24. The van der Waals surface area contributed by atoms with Gasteiger partial charge in [0, 0.05) is 25.0 Å². The maximum atomic E-state index is 3.99. The van der Waals surface area contributed by atoms with Crippen LogP contribution in [0.25, 0.3) is 0 Å². The zero-order chi connectivity index (χ0) is 7.68. The highest BCUT2D eigenvalue weighted by Crippen LogP contribution is 2.30. The fraction of sp³-hybridized carbons (Fsp3) is 0.444. The van der Waals surface area contributed by atoms with Crippen LogP contribution >= 0.6 is 0 Å². The standard InChI is InChI=1S/C9H12N2/c1-11-7-4-9(11)8-2-5-10-6-3-8/h2-3,5-6,9H,4,7H2,1H3. The lowest BCUT2D eigenvalue weighted by Gasteiger charge is -2.38. The maximum absolute atomic E-state index is 3.99. The molecule has 2 rings (SSSR count). The molecule has 0 aliphatic carbocycles. The van der Waals surface area contributed by atoms with Crippen molar-refractivity contribution in [2.45, 2.75) is 12.5 Å². The summed E-state index contributed by atoms with van der Waals surface area (Å²) in [6.07, 6.45) is 5.02. The van der Waals surface area contributed by atoms with Gasteiger partial charge in [0.15, 0.2) is 0 Å².